The molecule has 2 aliphatic carbocycles. The molecule has 1 aromatic rings. The third-order valence-electron chi connectivity index (χ3n) is 4.64. The minimum absolute atomic E-state index is 0.0189. The Morgan fingerprint density at radius 3 is 2.53 bits per heavy atom. The molecule has 0 amide bonds. The maximum Gasteiger partial charge on any atom is 0.140 e. The van der Waals surface area contributed by atoms with Gasteiger partial charge < -0.3 is 4.42 Å². The molecule has 0 saturated heterocycles. The van der Waals surface area contributed by atoms with Gasteiger partial charge in [-0.3, -0.25) is 4.79 Å². The average molecular weight is 260 g/mol. The fourth-order valence-electron chi connectivity index (χ4n) is 3.85. The van der Waals surface area contributed by atoms with E-state index < -0.39 is 0 Å². The van der Waals surface area contributed by atoms with Crippen LogP contribution in [0.15, 0.2) is 4.42 Å². The molecule has 0 bridgehead atoms. The van der Waals surface area contributed by atoms with Crippen molar-refractivity contribution in [3.8, 4) is 0 Å². The molecular formula is C17H24O2. The fourth-order valence-corrected chi connectivity index (χ4v) is 3.85. The van der Waals surface area contributed by atoms with Crippen molar-refractivity contribution < 1.29 is 9.21 Å². The van der Waals surface area contributed by atoms with Gasteiger partial charge in [0.2, 0.25) is 0 Å². The van der Waals surface area contributed by atoms with E-state index in [0.29, 0.717) is 17.6 Å². The summed E-state index contributed by atoms with van der Waals surface area (Å²) in [6.45, 7) is 10.9. The molecule has 0 aliphatic heterocycles. The van der Waals surface area contributed by atoms with Crippen LogP contribution in [0.5, 0.6) is 0 Å². The second-order valence-electron chi connectivity index (χ2n) is 7.54. The van der Waals surface area contributed by atoms with Crippen LogP contribution in [0.25, 0.3) is 0 Å². The summed E-state index contributed by atoms with van der Waals surface area (Å²) >= 11 is 0. The van der Waals surface area contributed by atoms with Crippen LogP contribution in [-0.4, -0.2) is 5.78 Å². The number of ketones is 1. The van der Waals surface area contributed by atoms with Crippen LogP contribution in [0.1, 0.15) is 81.9 Å². The lowest BCUT2D eigenvalue weighted by Gasteiger charge is -2.20. The maximum absolute atomic E-state index is 12.2. The molecule has 2 unspecified atom stereocenters. The zero-order chi connectivity index (χ0) is 13.9. The first-order valence-corrected chi connectivity index (χ1v) is 7.49. The first-order valence-electron chi connectivity index (χ1n) is 7.49. The Hall–Kier alpha value is -1.05. The van der Waals surface area contributed by atoms with E-state index in [1.807, 2.05) is 0 Å². The molecule has 1 fully saturated rings. The van der Waals surface area contributed by atoms with Crippen molar-refractivity contribution in [1.82, 2.24) is 0 Å². The number of carbonyl (C=O) groups is 1. The second kappa shape index (κ2) is 3.97. The number of Topliss-reactive ketones (excluding diaryl/α,β-unsaturated/α-hetero) is 1. The van der Waals surface area contributed by atoms with Gasteiger partial charge >= 0.3 is 0 Å². The molecule has 2 heteroatoms. The minimum Gasteiger partial charge on any atom is -0.465 e. The Morgan fingerprint density at radius 1 is 1.26 bits per heavy atom. The Labute approximate surface area is 115 Å². The molecule has 1 heterocycles. The Morgan fingerprint density at radius 2 is 1.95 bits per heavy atom. The quantitative estimate of drug-likeness (QED) is 0.752. The Bertz CT molecular complexity index is 528. The second-order valence-corrected chi connectivity index (χ2v) is 7.54. The number of rotatable bonds is 1. The van der Waals surface area contributed by atoms with Crippen molar-refractivity contribution in [2.45, 2.75) is 71.1 Å². The van der Waals surface area contributed by atoms with Gasteiger partial charge in [0.1, 0.15) is 17.3 Å². The van der Waals surface area contributed by atoms with Gasteiger partial charge in [0.05, 0.1) is 0 Å². The lowest BCUT2D eigenvalue weighted by Crippen LogP contribution is -2.16. The summed E-state index contributed by atoms with van der Waals surface area (Å²) < 4.78 is 6.22. The van der Waals surface area contributed by atoms with Gasteiger partial charge in [-0.2, -0.15) is 0 Å². The normalized spacial score (nSPS) is 26.1. The zero-order valence-electron chi connectivity index (χ0n) is 12.7. The predicted molar refractivity (Wildman–Crippen MR) is 75.7 cm³/mol. The van der Waals surface area contributed by atoms with Gasteiger partial charge in [-0.25, -0.2) is 0 Å². The lowest BCUT2D eigenvalue weighted by atomic mass is 9.85. The van der Waals surface area contributed by atoms with Crippen LogP contribution in [-0.2, 0) is 16.6 Å². The number of furan rings is 1. The number of carbonyl (C=O) groups excluding carboxylic acids is 1. The molecule has 0 radical (unpaired) electrons. The molecule has 0 spiro atoms. The molecule has 104 valence electrons. The van der Waals surface area contributed by atoms with Crippen LogP contribution < -0.4 is 0 Å². The van der Waals surface area contributed by atoms with Crippen molar-refractivity contribution in [2.75, 3.05) is 0 Å². The number of hydrogen-bond acceptors (Lipinski definition) is 2. The highest BCUT2D eigenvalue weighted by molar-refractivity contribution is 5.90. The zero-order valence-corrected chi connectivity index (χ0v) is 12.7. The van der Waals surface area contributed by atoms with E-state index in [1.54, 1.807) is 0 Å². The van der Waals surface area contributed by atoms with Gasteiger partial charge in [0, 0.05) is 29.2 Å². The molecule has 0 N–H and O–H groups in total. The van der Waals surface area contributed by atoms with Crippen LogP contribution in [0.4, 0.5) is 0 Å². The monoisotopic (exact) mass is 260 g/mol. The lowest BCUT2D eigenvalue weighted by molar-refractivity contribution is -0.118. The van der Waals surface area contributed by atoms with Gasteiger partial charge in [0.25, 0.3) is 0 Å². The summed E-state index contributed by atoms with van der Waals surface area (Å²) in [6.07, 6.45) is 2.89. The van der Waals surface area contributed by atoms with Gasteiger partial charge in [-0.15, -0.1) is 0 Å². The molecule has 3 rings (SSSR count). The molecular weight excluding hydrogens is 236 g/mol. The third-order valence-corrected chi connectivity index (χ3v) is 4.64. The summed E-state index contributed by atoms with van der Waals surface area (Å²) in [6, 6.07) is 0. The molecule has 1 aromatic heterocycles. The van der Waals surface area contributed by atoms with E-state index >= 15 is 0 Å². The summed E-state index contributed by atoms with van der Waals surface area (Å²) in [7, 11) is 0. The fraction of sp³-hybridized carbons (Fsp3) is 0.706. The molecule has 2 nitrogen and oxygen atoms in total. The first-order chi connectivity index (χ1) is 8.80. The highest BCUT2D eigenvalue weighted by atomic mass is 16.3. The average Bonchev–Trinajstić information content (AvgIpc) is 2.87. The van der Waals surface area contributed by atoms with E-state index in [2.05, 4.69) is 34.6 Å². The number of fused-ring (bicyclic) bond motifs is 3. The number of hydrogen-bond donors (Lipinski definition) is 0. The molecule has 2 atom stereocenters. The molecule has 2 aliphatic rings. The molecule has 19 heavy (non-hydrogen) atoms. The van der Waals surface area contributed by atoms with Crippen LogP contribution in [0, 0.1) is 5.92 Å². The Kier molecular flexibility index (Phi) is 2.71. The van der Waals surface area contributed by atoms with E-state index in [4.69, 9.17) is 4.42 Å². The van der Waals surface area contributed by atoms with Crippen LogP contribution in [0.2, 0.25) is 0 Å². The van der Waals surface area contributed by atoms with Crippen LogP contribution in [0.3, 0.4) is 0 Å². The SMILES string of the molecule is CC(C)c1oc(C(C)(C)C)c2c1CC1CCC(=O)C21. The van der Waals surface area contributed by atoms with E-state index in [-0.39, 0.29) is 11.3 Å². The highest BCUT2D eigenvalue weighted by Gasteiger charge is 2.47. The molecule has 0 aromatic carbocycles. The third kappa shape index (κ3) is 1.79. The van der Waals surface area contributed by atoms with Gasteiger partial charge in [0.15, 0.2) is 0 Å². The van der Waals surface area contributed by atoms with Crippen molar-refractivity contribution in [1.29, 1.82) is 0 Å². The summed E-state index contributed by atoms with van der Waals surface area (Å²) in [5.41, 5.74) is 2.61. The van der Waals surface area contributed by atoms with Crippen molar-refractivity contribution in [3.05, 3.63) is 22.6 Å². The summed E-state index contributed by atoms with van der Waals surface area (Å²) in [4.78, 5) is 12.2. The van der Waals surface area contributed by atoms with E-state index in [9.17, 15) is 4.79 Å². The highest BCUT2D eigenvalue weighted by Crippen LogP contribution is 2.52. The standard InChI is InChI=1S/C17H24O2/c1-9(2)15-11-8-10-6-7-12(18)13(10)14(11)16(19-15)17(3,4)5/h9-10,13H,6-8H2,1-5H3. The topological polar surface area (TPSA) is 30.2 Å². The first kappa shape index (κ1) is 13.0. The largest absolute Gasteiger partial charge is 0.465 e. The van der Waals surface area contributed by atoms with E-state index in [1.165, 1.54) is 11.1 Å². The van der Waals surface area contributed by atoms with Gasteiger partial charge in [-0.05, 0) is 24.3 Å². The summed E-state index contributed by atoms with van der Waals surface area (Å²) in [5, 5.41) is 0. The van der Waals surface area contributed by atoms with Crippen LogP contribution >= 0.6 is 0 Å². The molecule has 1 saturated carbocycles. The summed E-state index contributed by atoms with van der Waals surface area (Å²) in [5.74, 6) is 3.72. The van der Waals surface area contributed by atoms with Crippen molar-refractivity contribution >= 4 is 5.78 Å². The van der Waals surface area contributed by atoms with Crippen molar-refractivity contribution in [2.24, 2.45) is 5.92 Å². The predicted octanol–water partition coefficient (Wildman–Crippen LogP) is 4.32. The van der Waals surface area contributed by atoms with Gasteiger partial charge in [-0.1, -0.05) is 34.6 Å². The minimum atomic E-state index is -0.0189. The maximum atomic E-state index is 12.2. The Balaban J connectivity index is 2.19. The van der Waals surface area contributed by atoms with Crippen molar-refractivity contribution in [3.63, 3.8) is 0 Å². The van der Waals surface area contributed by atoms with E-state index in [0.717, 1.165) is 30.8 Å². The smallest absolute Gasteiger partial charge is 0.140 e.